The smallest absolute Gasteiger partial charge is 0.306 e. The molecule has 0 aromatic heterocycles. The van der Waals surface area contributed by atoms with E-state index in [2.05, 4.69) is 0 Å². The first-order valence-electron chi connectivity index (χ1n) is 8.35. The van der Waals surface area contributed by atoms with E-state index in [1.165, 1.54) is 4.90 Å². The summed E-state index contributed by atoms with van der Waals surface area (Å²) in [5.74, 6) is -1.33. The fourth-order valence-electron chi connectivity index (χ4n) is 1.84. The largest absolute Gasteiger partial charge is 0.519 e. The van der Waals surface area contributed by atoms with Gasteiger partial charge in [-0.3, -0.25) is 19.3 Å². The van der Waals surface area contributed by atoms with Crippen molar-refractivity contribution >= 4 is 42.9 Å². The van der Waals surface area contributed by atoms with Gasteiger partial charge in [0.05, 0.1) is 19.6 Å². The molecular formula is C15H33NO6Si3. The Morgan fingerprint density at radius 3 is 0.920 bits per heavy atom. The van der Waals surface area contributed by atoms with Crippen LogP contribution in [-0.4, -0.2) is 67.4 Å². The van der Waals surface area contributed by atoms with E-state index in [0.29, 0.717) is 0 Å². The first-order chi connectivity index (χ1) is 11.0. The van der Waals surface area contributed by atoms with Crippen molar-refractivity contribution in [2.45, 2.75) is 58.9 Å². The van der Waals surface area contributed by atoms with Crippen LogP contribution in [-0.2, 0) is 27.7 Å². The molecule has 0 saturated heterocycles. The molecule has 7 nitrogen and oxygen atoms in total. The maximum Gasteiger partial charge on any atom is 0.306 e. The molecule has 0 aliphatic heterocycles. The Kier molecular flexibility index (Phi) is 8.75. The molecule has 0 bridgehead atoms. The molecule has 0 saturated carbocycles. The van der Waals surface area contributed by atoms with Gasteiger partial charge in [-0.25, -0.2) is 0 Å². The molecule has 0 amide bonds. The third-order valence-electron chi connectivity index (χ3n) is 2.32. The van der Waals surface area contributed by atoms with Crippen molar-refractivity contribution in [3.63, 3.8) is 0 Å². The van der Waals surface area contributed by atoms with Gasteiger partial charge in [0.25, 0.3) is 0 Å². The Morgan fingerprint density at radius 1 is 0.560 bits per heavy atom. The van der Waals surface area contributed by atoms with Crippen LogP contribution in [0.5, 0.6) is 0 Å². The number of nitrogens with zero attached hydrogens (tertiary/aromatic N) is 1. The quantitative estimate of drug-likeness (QED) is 0.543. The van der Waals surface area contributed by atoms with Gasteiger partial charge in [0.2, 0.25) is 25.0 Å². The summed E-state index contributed by atoms with van der Waals surface area (Å²) < 4.78 is 16.2. The second-order valence-corrected chi connectivity index (χ2v) is 22.2. The Morgan fingerprint density at radius 2 is 0.760 bits per heavy atom. The van der Waals surface area contributed by atoms with Crippen LogP contribution < -0.4 is 0 Å². The van der Waals surface area contributed by atoms with E-state index in [1.54, 1.807) is 0 Å². The van der Waals surface area contributed by atoms with Crippen molar-refractivity contribution in [1.82, 2.24) is 4.90 Å². The second kappa shape index (κ2) is 9.10. The second-order valence-electron chi connectivity index (χ2n) is 8.90. The normalized spacial score (nSPS) is 12.7. The van der Waals surface area contributed by atoms with Crippen molar-refractivity contribution in [3.05, 3.63) is 0 Å². The summed E-state index contributed by atoms with van der Waals surface area (Å²) in [4.78, 5) is 37.7. The fourth-order valence-corrected chi connectivity index (χ4v) is 4.08. The third kappa shape index (κ3) is 15.0. The molecule has 25 heavy (non-hydrogen) atoms. The van der Waals surface area contributed by atoms with E-state index in [4.69, 9.17) is 13.3 Å². The Bertz CT molecular complexity index is 420. The Balaban J connectivity index is 4.95. The molecule has 0 atom stereocenters. The Hall–Kier alpha value is -0.979. The summed E-state index contributed by atoms with van der Waals surface area (Å²) in [6, 6.07) is 0. The van der Waals surface area contributed by atoms with E-state index >= 15 is 0 Å². The molecule has 0 aromatic rings. The van der Waals surface area contributed by atoms with Gasteiger partial charge in [-0.2, -0.15) is 0 Å². The van der Waals surface area contributed by atoms with Crippen molar-refractivity contribution in [1.29, 1.82) is 0 Å². The summed E-state index contributed by atoms with van der Waals surface area (Å²) in [5, 5.41) is 0. The predicted octanol–water partition coefficient (Wildman–Crippen LogP) is 2.42. The number of hydrogen-bond acceptors (Lipinski definition) is 7. The van der Waals surface area contributed by atoms with Crippen LogP contribution in [0.25, 0.3) is 0 Å². The molecule has 0 unspecified atom stereocenters. The van der Waals surface area contributed by atoms with Crippen LogP contribution in [0.4, 0.5) is 0 Å². The van der Waals surface area contributed by atoms with Crippen molar-refractivity contribution in [2.24, 2.45) is 0 Å². The fraction of sp³-hybridized carbons (Fsp3) is 0.800. The molecule has 0 rings (SSSR count). The number of carbonyl (C=O) groups is 3. The van der Waals surface area contributed by atoms with Gasteiger partial charge in [-0.05, 0) is 58.9 Å². The number of rotatable bonds is 9. The maximum absolute atomic E-state index is 12.1. The summed E-state index contributed by atoms with van der Waals surface area (Å²) >= 11 is 0. The van der Waals surface area contributed by atoms with Crippen LogP contribution >= 0.6 is 0 Å². The van der Waals surface area contributed by atoms with E-state index in [1.807, 2.05) is 58.9 Å². The maximum atomic E-state index is 12.1. The van der Waals surface area contributed by atoms with Gasteiger partial charge in [-0.1, -0.05) is 0 Å². The Labute approximate surface area is 154 Å². The van der Waals surface area contributed by atoms with Crippen LogP contribution in [0.1, 0.15) is 0 Å². The molecule has 0 fully saturated rings. The monoisotopic (exact) mass is 407 g/mol. The molecule has 0 spiro atoms. The van der Waals surface area contributed by atoms with Crippen molar-refractivity contribution in [2.75, 3.05) is 19.6 Å². The average Bonchev–Trinajstić information content (AvgIpc) is 2.18. The highest BCUT2D eigenvalue weighted by atomic mass is 28.4. The van der Waals surface area contributed by atoms with Crippen LogP contribution in [0.15, 0.2) is 0 Å². The molecule has 0 heterocycles. The lowest BCUT2D eigenvalue weighted by molar-refractivity contribution is -0.142. The van der Waals surface area contributed by atoms with E-state index in [0.717, 1.165) is 0 Å². The average molecular weight is 408 g/mol. The first kappa shape index (κ1) is 24.0. The predicted molar refractivity (Wildman–Crippen MR) is 105 cm³/mol. The van der Waals surface area contributed by atoms with Gasteiger partial charge < -0.3 is 13.3 Å². The third-order valence-corrected chi connectivity index (χ3v) is 4.84. The highest BCUT2D eigenvalue weighted by Gasteiger charge is 2.28. The van der Waals surface area contributed by atoms with Crippen molar-refractivity contribution < 1.29 is 27.7 Å². The topological polar surface area (TPSA) is 82.1 Å². The van der Waals surface area contributed by atoms with Gasteiger partial charge in [0.15, 0.2) is 0 Å². The van der Waals surface area contributed by atoms with Gasteiger partial charge in [0.1, 0.15) is 0 Å². The number of carbonyl (C=O) groups excluding carboxylic acids is 3. The standard InChI is InChI=1S/C15H33NO6Si3/c1-23(2,3)20-13(17)10-16(11-14(18)21-24(4,5)6)12-15(19)22-25(7,8)9/h10-12H2,1-9H3. The molecule has 0 aromatic carbocycles. The highest BCUT2D eigenvalue weighted by molar-refractivity contribution is 6.72. The van der Waals surface area contributed by atoms with Crippen LogP contribution in [0.2, 0.25) is 58.9 Å². The lowest BCUT2D eigenvalue weighted by Gasteiger charge is -2.26. The molecule has 146 valence electrons. The SMILES string of the molecule is C[Si](C)(C)OC(=O)CN(CC(=O)O[Si](C)(C)C)CC(=O)O[Si](C)(C)C. The zero-order valence-electron chi connectivity index (χ0n) is 17.0. The number of hydrogen-bond donors (Lipinski definition) is 0. The van der Waals surface area contributed by atoms with E-state index in [9.17, 15) is 14.4 Å². The van der Waals surface area contributed by atoms with Gasteiger partial charge in [-0.15, -0.1) is 0 Å². The summed E-state index contributed by atoms with van der Waals surface area (Å²) in [6.45, 7) is 16.6. The van der Waals surface area contributed by atoms with Crippen LogP contribution in [0.3, 0.4) is 0 Å². The van der Waals surface area contributed by atoms with E-state index in [-0.39, 0.29) is 19.6 Å². The minimum atomic E-state index is -2.04. The zero-order chi connectivity index (χ0) is 20.1. The lowest BCUT2D eigenvalue weighted by Crippen LogP contribution is -2.45. The zero-order valence-corrected chi connectivity index (χ0v) is 20.0. The lowest BCUT2D eigenvalue weighted by atomic mass is 10.4. The minimum Gasteiger partial charge on any atom is -0.519 e. The van der Waals surface area contributed by atoms with Gasteiger partial charge >= 0.3 is 17.9 Å². The summed E-state index contributed by atoms with van der Waals surface area (Å²) in [7, 11) is -6.11. The van der Waals surface area contributed by atoms with Crippen LogP contribution in [0, 0.1) is 0 Å². The molecule has 0 N–H and O–H groups in total. The molecule has 0 radical (unpaired) electrons. The summed E-state index contributed by atoms with van der Waals surface area (Å²) in [5.41, 5.74) is 0. The molecule has 10 heteroatoms. The van der Waals surface area contributed by atoms with E-state index < -0.39 is 42.9 Å². The summed E-state index contributed by atoms with van der Waals surface area (Å²) in [6.07, 6.45) is 0. The highest BCUT2D eigenvalue weighted by Crippen LogP contribution is 2.08. The first-order valence-corrected chi connectivity index (χ1v) is 18.6. The van der Waals surface area contributed by atoms with Crippen molar-refractivity contribution in [3.8, 4) is 0 Å². The minimum absolute atomic E-state index is 0.147. The molecule has 0 aliphatic rings. The van der Waals surface area contributed by atoms with Gasteiger partial charge in [0, 0.05) is 0 Å². The molecular weight excluding hydrogens is 374 g/mol. The molecule has 0 aliphatic carbocycles.